The van der Waals surface area contributed by atoms with Gasteiger partial charge in [-0.15, -0.1) is 0 Å². The van der Waals surface area contributed by atoms with Crippen molar-refractivity contribution in [2.45, 2.75) is 37.0 Å². The number of halogens is 4. The number of esters is 1. The minimum Gasteiger partial charge on any atom is -0.467 e. The summed E-state index contributed by atoms with van der Waals surface area (Å²) in [5.74, 6) is -3.67. The molecule has 1 aliphatic rings. The molecule has 0 bridgehead atoms. The molecule has 18 heteroatoms. The van der Waals surface area contributed by atoms with Crippen molar-refractivity contribution in [3.63, 3.8) is 0 Å². The van der Waals surface area contributed by atoms with Crippen molar-refractivity contribution in [2.75, 3.05) is 37.4 Å². The summed E-state index contributed by atoms with van der Waals surface area (Å²) < 4.78 is 48.4. The second-order valence-electron chi connectivity index (χ2n) is 11.8. The number of carbonyl (C=O) groups excluding carboxylic acids is 4. The van der Waals surface area contributed by atoms with Gasteiger partial charge in [-0.05, 0) is 66.8 Å². The van der Waals surface area contributed by atoms with E-state index in [1.54, 1.807) is 12.1 Å². The van der Waals surface area contributed by atoms with Crippen molar-refractivity contribution >= 4 is 52.9 Å². The van der Waals surface area contributed by atoms with Gasteiger partial charge in [-0.2, -0.15) is 28.1 Å². The van der Waals surface area contributed by atoms with Crippen LogP contribution in [0.1, 0.15) is 34.3 Å². The summed E-state index contributed by atoms with van der Waals surface area (Å²) in [4.78, 5) is 62.3. The Morgan fingerprint density at radius 1 is 0.868 bits per heavy atom. The molecule has 0 radical (unpaired) electrons. The maximum absolute atomic E-state index is 13.0. The molecule has 5 N–H and O–H groups in total. The number of ether oxygens (including phenoxy) is 2. The molecule has 53 heavy (non-hydrogen) atoms. The van der Waals surface area contributed by atoms with Crippen LogP contribution in [0.2, 0.25) is 5.02 Å². The molecule has 3 aromatic carbocycles. The first-order valence-corrected chi connectivity index (χ1v) is 16.6. The number of nitrogens with zero attached hydrogens (tertiary/aromatic N) is 3. The van der Waals surface area contributed by atoms with Gasteiger partial charge in [0.1, 0.15) is 6.04 Å². The molecule has 1 aromatic heterocycles. The third-order valence-corrected chi connectivity index (χ3v) is 8.14. The fourth-order valence-electron chi connectivity index (χ4n) is 5.00. The Balaban J connectivity index is 1.20. The van der Waals surface area contributed by atoms with Gasteiger partial charge in [0.05, 0.1) is 12.6 Å². The van der Waals surface area contributed by atoms with Gasteiger partial charge in [0.25, 0.3) is 5.91 Å². The van der Waals surface area contributed by atoms with E-state index in [2.05, 4.69) is 41.5 Å². The second-order valence-corrected chi connectivity index (χ2v) is 12.3. The Labute approximate surface area is 306 Å². The highest BCUT2D eigenvalue weighted by Gasteiger charge is 2.45. The Hall–Kier alpha value is -5.97. The molecule has 0 unspecified atom stereocenters. The number of benzene rings is 3. The van der Waals surface area contributed by atoms with Gasteiger partial charge < -0.3 is 36.1 Å². The van der Waals surface area contributed by atoms with Crippen molar-refractivity contribution < 1.29 is 41.8 Å². The normalized spacial score (nSPS) is 13.5. The lowest BCUT2D eigenvalue weighted by atomic mass is 10.1. The molecular formula is C35H34ClF3N8O6. The van der Waals surface area contributed by atoms with E-state index >= 15 is 0 Å². The first kappa shape index (κ1) is 38.3. The zero-order chi connectivity index (χ0) is 38.0. The van der Waals surface area contributed by atoms with Gasteiger partial charge in [0, 0.05) is 29.4 Å². The predicted octanol–water partition coefficient (Wildman–Crippen LogP) is 4.06. The van der Waals surface area contributed by atoms with Crippen molar-refractivity contribution in [1.82, 2.24) is 30.9 Å². The van der Waals surface area contributed by atoms with Crippen LogP contribution in [0.3, 0.4) is 0 Å². The summed E-state index contributed by atoms with van der Waals surface area (Å²) in [6.07, 6.45) is -2.72. The number of carbonyl (C=O) groups is 4. The van der Waals surface area contributed by atoms with E-state index in [1.807, 2.05) is 42.5 Å². The van der Waals surface area contributed by atoms with Crippen LogP contribution >= 0.6 is 11.6 Å². The predicted molar refractivity (Wildman–Crippen MR) is 187 cm³/mol. The lowest BCUT2D eigenvalue weighted by Gasteiger charge is -2.19. The zero-order valence-corrected chi connectivity index (χ0v) is 28.9. The van der Waals surface area contributed by atoms with Gasteiger partial charge in [0.15, 0.2) is 6.61 Å². The third-order valence-electron chi connectivity index (χ3n) is 7.89. The van der Waals surface area contributed by atoms with Crippen LogP contribution in [-0.2, 0) is 31.1 Å². The topological polar surface area (TPSA) is 186 Å². The van der Waals surface area contributed by atoms with Gasteiger partial charge in [0.2, 0.25) is 11.9 Å². The number of methoxy groups -OCH3 is 1. The maximum atomic E-state index is 13.0. The van der Waals surface area contributed by atoms with Crippen LogP contribution < -0.4 is 31.3 Å². The third kappa shape index (κ3) is 11.3. The van der Waals surface area contributed by atoms with Crippen molar-refractivity contribution in [3.05, 3.63) is 101 Å². The first-order chi connectivity index (χ1) is 25.3. The largest absolute Gasteiger partial charge is 0.467 e. The van der Waals surface area contributed by atoms with Crippen LogP contribution in [0.15, 0.2) is 78.9 Å². The number of aromatic nitrogens is 3. The van der Waals surface area contributed by atoms with E-state index in [0.717, 1.165) is 18.2 Å². The highest BCUT2D eigenvalue weighted by Crippen LogP contribution is 2.48. The molecule has 0 aliphatic heterocycles. The average molecular weight is 755 g/mol. The fourth-order valence-corrected chi connectivity index (χ4v) is 5.13. The minimum absolute atomic E-state index is 0.0336. The highest BCUT2D eigenvalue weighted by atomic mass is 35.5. The number of hydrogen-bond donors (Lipinski definition) is 5. The van der Waals surface area contributed by atoms with Gasteiger partial charge in [-0.1, -0.05) is 54.1 Å². The van der Waals surface area contributed by atoms with Gasteiger partial charge in [-0.25, -0.2) is 4.79 Å². The van der Waals surface area contributed by atoms with E-state index in [9.17, 15) is 32.3 Å². The summed E-state index contributed by atoms with van der Waals surface area (Å²) in [6, 6.07) is 20.3. The van der Waals surface area contributed by atoms with Crippen molar-refractivity contribution in [3.8, 4) is 6.01 Å². The summed E-state index contributed by atoms with van der Waals surface area (Å²) >= 11 is 6.02. The Kier molecular flexibility index (Phi) is 12.3. The highest BCUT2D eigenvalue weighted by molar-refractivity contribution is 6.35. The van der Waals surface area contributed by atoms with Crippen LogP contribution in [0.5, 0.6) is 6.01 Å². The number of nitrogens with one attached hydrogen (secondary N) is 5. The second kappa shape index (κ2) is 17.0. The first-order valence-electron chi connectivity index (χ1n) is 16.2. The minimum atomic E-state index is -4.64. The van der Waals surface area contributed by atoms with E-state index in [4.69, 9.17) is 21.1 Å². The molecule has 14 nitrogen and oxygen atoms in total. The maximum Gasteiger partial charge on any atom is 0.422 e. The molecule has 4 aromatic rings. The van der Waals surface area contributed by atoms with E-state index < -0.39 is 60.6 Å². The standard InChI is InChI=1S/C35H34ClF3N8O6/c1-52-30(51)26(19-41-29(50)28(49)40-18-15-21-5-3-2-4-6-21)43-27(48)22-7-13-25(14-8-22)42-31-44-32(46-33(45-31)53-20-35(37,38)39)47-34(16-17-34)23-9-11-24(36)12-10-23/h2-14,26H,15-20H2,1H3,(H,40,49)(H,41,50)(H,43,48)(H2,42,44,45,46,47)/t26-/m0/s1. The number of anilines is 3. The van der Waals surface area contributed by atoms with Gasteiger partial charge in [-0.3, -0.25) is 14.4 Å². The molecule has 1 heterocycles. The molecule has 1 aliphatic carbocycles. The van der Waals surface area contributed by atoms with Crippen LogP contribution in [0, 0.1) is 0 Å². The number of alkyl halides is 3. The number of rotatable bonds is 15. The summed E-state index contributed by atoms with van der Waals surface area (Å²) in [5.41, 5.74) is 1.74. The molecule has 3 amide bonds. The Bertz CT molecular complexity index is 1910. The number of amides is 3. The molecule has 5 rings (SSSR count). The summed E-state index contributed by atoms with van der Waals surface area (Å²) in [5, 5.41) is 13.9. The van der Waals surface area contributed by atoms with Crippen molar-refractivity contribution in [2.24, 2.45) is 0 Å². The van der Waals surface area contributed by atoms with Crippen molar-refractivity contribution in [1.29, 1.82) is 0 Å². The fraction of sp³-hybridized carbons (Fsp3) is 0.286. The van der Waals surface area contributed by atoms with Crippen LogP contribution in [0.25, 0.3) is 0 Å². The average Bonchev–Trinajstić information content (AvgIpc) is 3.92. The molecule has 1 saturated carbocycles. The van der Waals surface area contributed by atoms with Gasteiger partial charge >= 0.3 is 30.0 Å². The Morgan fingerprint density at radius 3 is 2.17 bits per heavy atom. The monoisotopic (exact) mass is 754 g/mol. The molecule has 1 fully saturated rings. The molecular weight excluding hydrogens is 721 g/mol. The SMILES string of the molecule is COC(=O)[C@H](CNC(=O)C(=O)NCCc1ccccc1)NC(=O)c1ccc(Nc2nc(NC3(c4ccc(Cl)cc4)CC3)nc(OCC(F)(F)F)n2)cc1. The quantitative estimate of drug-likeness (QED) is 0.0871. The Morgan fingerprint density at radius 2 is 1.53 bits per heavy atom. The van der Waals surface area contributed by atoms with E-state index in [0.29, 0.717) is 30.0 Å². The van der Waals surface area contributed by atoms with E-state index in [1.165, 1.54) is 24.3 Å². The smallest absolute Gasteiger partial charge is 0.422 e. The van der Waals surface area contributed by atoms with Crippen LogP contribution in [0.4, 0.5) is 30.8 Å². The van der Waals surface area contributed by atoms with Crippen LogP contribution in [-0.4, -0.2) is 77.7 Å². The molecule has 0 spiro atoms. The number of hydrogen-bond acceptors (Lipinski definition) is 11. The lowest BCUT2D eigenvalue weighted by Crippen LogP contribution is -2.51. The molecule has 278 valence electrons. The van der Waals surface area contributed by atoms with E-state index in [-0.39, 0.29) is 24.0 Å². The zero-order valence-electron chi connectivity index (χ0n) is 28.1. The lowest BCUT2D eigenvalue weighted by molar-refractivity contribution is -0.154. The molecule has 0 saturated heterocycles. The summed E-state index contributed by atoms with van der Waals surface area (Å²) in [7, 11) is 1.10. The summed E-state index contributed by atoms with van der Waals surface area (Å²) in [6.45, 7) is -1.85. The molecule has 1 atom stereocenters.